The molecule has 29 nitrogen and oxygen atoms in total. The van der Waals surface area contributed by atoms with E-state index in [-0.39, 0.29) is 19.3 Å². The summed E-state index contributed by atoms with van der Waals surface area (Å²) in [4.78, 5) is 177. The Kier molecular flexibility index (Phi) is 22.4. The maximum atomic E-state index is 13.9. The van der Waals surface area contributed by atoms with E-state index in [2.05, 4.69) is 0 Å². The van der Waals surface area contributed by atoms with Gasteiger partial charge in [-0.2, -0.15) is 0 Å². The van der Waals surface area contributed by atoms with Gasteiger partial charge in [0.05, 0.1) is 0 Å². The fraction of sp³-hybridized carbons (Fsp3) is 0.955. The molecule has 0 saturated carbocycles. The van der Waals surface area contributed by atoms with E-state index < -0.39 is 148 Å². The van der Waals surface area contributed by atoms with Crippen molar-refractivity contribution in [2.45, 2.75) is 112 Å². The molecule has 0 aliphatic heterocycles. The van der Waals surface area contributed by atoms with Gasteiger partial charge >= 0.3 is 66.7 Å². The third kappa shape index (κ3) is 14.8. The number of hydrogen-bond acceptors (Lipinski definition) is 12. The zero-order chi connectivity index (χ0) is 47.1. The minimum absolute atomic E-state index is 0.0286. The molecule has 0 atom stereocenters. The molecule has 0 amide bonds. The van der Waals surface area contributed by atoms with E-state index in [1.807, 2.05) is 0 Å². The Hall–Kier alpha value is 0.550. The van der Waals surface area contributed by atoms with Crippen molar-refractivity contribution >= 4 is 66.7 Å². The summed E-state index contributed by atoms with van der Waals surface area (Å²) in [5.41, 5.74) is -8.31. The van der Waals surface area contributed by atoms with Gasteiger partial charge in [0, 0.05) is 26.1 Å². The van der Waals surface area contributed by atoms with E-state index in [4.69, 9.17) is 5.11 Å². The monoisotopic (exact) mass is 1030 g/mol. The normalized spacial score (nSPS) is 15.0. The quantitative estimate of drug-likeness (QED) is 0.0270. The van der Waals surface area contributed by atoms with Crippen molar-refractivity contribution in [3.63, 3.8) is 0 Å². The van der Waals surface area contributed by atoms with Crippen molar-refractivity contribution in [2.24, 2.45) is 0 Å². The summed E-state index contributed by atoms with van der Waals surface area (Å²) in [5, 5.41) is -2.28. The molecule has 0 aliphatic carbocycles. The molecule has 354 valence electrons. The van der Waals surface area contributed by atoms with Crippen LogP contribution >= 0.6 is 60.8 Å². The second-order valence-corrected chi connectivity index (χ2v) is 28.3. The summed E-state index contributed by atoms with van der Waals surface area (Å²) < 4.78 is 107. The first-order valence-electron chi connectivity index (χ1n) is 17.1. The van der Waals surface area contributed by atoms with Crippen LogP contribution in [0.3, 0.4) is 0 Å². The maximum absolute atomic E-state index is 13.9. The van der Waals surface area contributed by atoms with Crippen LogP contribution in [0.4, 0.5) is 0 Å². The van der Waals surface area contributed by atoms with E-state index >= 15 is 0 Å². The molecule has 0 rings (SSSR count). The molecule has 0 heterocycles. The van der Waals surface area contributed by atoms with Crippen molar-refractivity contribution in [2.75, 3.05) is 19.6 Å². The number of carboxylic acids is 1. The van der Waals surface area contributed by atoms with Crippen molar-refractivity contribution < 1.29 is 125 Å². The van der Waals surface area contributed by atoms with Gasteiger partial charge < -0.3 is 83.4 Å². The summed E-state index contributed by atoms with van der Waals surface area (Å²) in [6.45, 7) is -3.65. The zero-order valence-electron chi connectivity index (χ0n) is 31.5. The molecule has 0 fully saturated rings. The van der Waals surface area contributed by atoms with Crippen LogP contribution in [0.15, 0.2) is 0 Å². The molecule has 59 heavy (non-hydrogen) atoms. The number of hydrogen-bond donors (Lipinski definition) is 17. The number of carbonyl (C=O) groups is 1. The van der Waals surface area contributed by atoms with E-state index in [1.54, 1.807) is 0 Å². The molecule has 0 aliphatic rings. The van der Waals surface area contributed by atoms with Gasteiger partial charge in [0.1, 0.15) is 0 Å². The predicted molar refractivity (Wildman–Crippen MR) is 204 cm³/mol. The number of unbranched alkanes of at least 4 members (excludes halogenated alkanes) is 8. The smallest absolute Gasteiger partial charge is 0.373 e. The van der Waals surface area contributed by atoms with Crippen LogP contribution in [0.5, 0.6) is 0 Å². The Bertz CT molecular complexity index is 1590. The third-order valence-corrected chi connectivity index (χ3v) is 23.9. The van der Waals surface area contributed by atoms with E-state index in [1.165, 1.54) is 0 Å². The van der Waals surface area contributed by atoms with Gasteiger partial charge in [-0.1, -0.05) is 58.8 Å². The zero-order valence-corrected chi connectivity index (χ0v) is 38.6. The standard InChI is InChI=1S/C22H55N3O26P8/c1-3-15-23(19(52(28,29)30)53(31,32)33)21(56(40,41)42,57(43,44)45)25(17-13-11-9-7-5-6-8-10-12-14-18(26)27)22(58(46,47)48,59(49,50)51)24(16-4-2)20(54(34,35)36)55(37,38)39/h19-20H,3-17H2,1-2H3,(H,26,27)(H2,28,29,30)(H2,31,32,33)(H2,34,35,36)(H2,37,38,39)(H2,40,41,42)(H2,43,44,45)(H2,46,47,48)(H2,49,50,51). The first-order valence-corrected chi connectivity index (χ1v) is 30.3. The first-order chi connectivity index (χ1) is 26.2. The number of nitrogens with zero attached hydrogens (tertiary/aromatic N) is 3. The van der Waals surface area contributed by atoms with Gasteiger partial charge in [-0.3, -0.25) is 41.3 Å². The Morgan fingerprint density at radius 1 is 0.424 bits per heavy atom. The number of rotatable bonds is 30. The van der Waals surface area contributed by atoms with Gasteiger partial charge in [-0.05, 0) is 25.7 Å². The Balaban J connectivity index is 8.96. The molecule has 0 saturated heterocycles. The molecular weight excluding hydrogens is 970 g/mol. The highest BCUT2D eigenvalue weighted by Crippen LogP contribution is 2.83. The molecule has 0 aromatic heterocycles. The van der Waals surface area contributed by atoms with Gasteiger partial charge in [-0.25, -0.2) is 14.7 Å². The third-order valence-electron chi connectivity index (χ3n) is 8.52. The van der Waals surface area contributed by atoms with Crippen molar-refractivity contribution in [3.05, 3.63) is 0 Å². The molecular formula is C22H55N3O26P8. The van der Waals surface area contributed by atoms with E-state index in [9.17, 15) is 120 Å². The van der Waals surface area contributed by atoms with E-state index in [0.717, 1.165) is 13.8 Å². The lowest BCUT2D eigenvalue weighted by molar-refractivity contribution is -0.137. The molecule has 17 N–H and O–H groups in total. The Morgan fingerprint density at radius 2 is 0.661 bits per heavy atom. The molecule has 0 aromatic carbocycles. The van der Waals surface area contributed by atoms with Gasteiger partial charge in [0.25, 0.3) is 10.3 Å². The molecule has 0 aromatic rings. The highest BCUT2D eigenvalue weighted by Gasteiger charge is 2.83. The average Bonchev–Trinajstić information content (AvgIpc) is 2.94. The first kappa shape index (κ1) is 59.5. The molecule has 0 unspecified atom stereocenters. The average molecular weight is 1030 g/mol. The largest absolute Gasteiger partial charge is 0.481 e. The summed E-state index contributed by atoms with van der Waals surface area (Å²) >= 11 is 0. The topological polar surface area (TPSA) is 507 Å². The number of aliphatic carboxylic acids is 1. The minimum atomic E-state index is -7.59. The predicted octanol–water partition coefficient (Wildman–Crippen LogP) is 0.909. The Labute approximate surface area is 337 Å². The lowest BCUT2D eigenvalue weighted by Gasteiger charge is -2.59. The van der Waals surface area contributed by atoms with Crippen LogP contribution in [0, 0.1) is 0 Å². The molecule has 37 heteroatoms. The van der Waals surface area contributed by atoms with Crippen LogP contribution in [0.1, 0.15) is 90.9 Å². The van der Waals surface area contributed by atoms with Crippen molar-refractivity contribution in [3.8, 4) is 0 Å². The van der Waals surface area contributed by atoms with E-state index in [0.29, 0.717) is 32.1 Å². The van der Waals surface area contributed by atoms with Crippen molar-refractivity contribution in [1.29, 1.82) is 0 Å². The van der Waals surface area contributed by atoms with Crippen LogP contribution in [-0.2, 0) is 41.3 Å². The van der Waals surface area contributed by atoms with Crippen molar-refractivity contribution in [1.82, 2.24) is 14.7 Å². The van der Waals surface area contributed by atoms with Gasteiger partial charge in [0.2, 0.25) is 11.0 Å². The second-order valence-electron chi connectivity index (χ2n) is 13.3. The second kappa shape index (κ2) is 22.2. The lowest BCUT2D eigenvalue weighted by atomic mass is 10.1. The summed E-state index contributed by atoms with van der Waals surface area (Å²) in [6, 6.07) is 0. The summed E-state index contributed by atoms with van der Waals surface area (Å²) in [5.74, 6) is -1.02. The maximum Gasteiger partial charge on any atom is 0.373 e. The Morgan fingerprint density at radius 3 is 0.864 bits per heavy atom. The molecule has 0 radical (unpaired) electrons. The highest BCUT2D eigenvalue weighted by atomic mass is 31.3. The fourth-order valence-electron chi connectivity index (χ4n) is 6.67. The van der Waals surface area contributed by atoms with Crippen LogP contribution in [0.2, 0.25) is 0 Å². The van der Waals surface area contributed by atoms with Crippen LogP contribution < -0.4 is 0 Å². The molecule has 0 spiro atoms. The van der Waals surface area contributed by atoms with Crippen LogP contribution in [-0.4, -0.2) is 145 Å². The SMILES string of the molecule is CCCN(C(P(=O)(O)O)P(=O)(O)O)C(N(CCCCCCCCCCCC(=O)O)C(N(CCC)C(P(=O)(O)O)P(=O)(O)O)(P(=O)(O)O)P(=O)(O)O)(P(=O)(O)O)P(=O)(O)O. The minimum Gasteiger partial charge on any atom is -0.481 e. The fourth-order valence-corrected chi connectivity index (χ4v) is 20.6. The molecule has 0 bridgehead atoms. The van der Waals surface area contributed by atoms with Gasteiger partial charge in [0.15, 0.2) is 0 Å². The lowest BCUT2D eigenvalue weighted by Crippen LogP contribution is -2.73. The summed E-state index contributed by atoms with van der Waals surface area (Å²) in [6.07, 6.45) is -0.806. The van der Waals surface area contributed by atoms with Gasteiger partial charge in [-0.15, -0.1) is 0 Å². The summed E-state index contributed by atoms with van der Waals surface area (Å²) in [7, 11) is -57.5. The number of carboxylic acid groups (broad SMARTS) is 1. The highest BCUT2D eigenvalue weighted by molar-refractivity contribution is 7.75. The van der Waals surface area contributed by atoms with Crippen LogP contribution in [0.25, 0.3) is 0 Å².